The summed E-state index contributed by atoms with van der Waals surface area (Å²) in [6, 6.07) is 12.3. The summed E-state index contributed by atoms with van der Waals surface area (Å²) in [6.45, 7) is 1.37. The number of thiocarbonyl (C=S) groups is 2. The van der Waals surface area contributed by atoms with Crippen molar-refractivity contribution in [2.24, 2.45) is 5.73 Å². The van der Waals surface area contributed by atoms with Crippen molar-refractivity contribution in [1.29, 1.82) is 0 Å². The third-order valence-corrected chi connectivity index (χ3v) is 5.05. The first-order valence-electron chi connectivity index (χ1n) is 10.8. The van der Waals surface area contributed by atoms with Crippen molar-refractivity contribution >= 4 is 46.0 Å². The fourth-order valence-corrected chi connectivity index (χ4v) is 3.39. The van der Waals surface area contributed by atoms with Gasteiger partial charge in [0.05, 0.1) is 12.2 Å². The Balaban J connectivity index is 1.47. The van der Waals surface area contributed by atoms with Crippen molar-refractivity contribution in [3.8, 4) is 5.75 Å². The quantitative estimate of drug-likeness (QED) is 0.209. The Bertz CT molecular complexity index is 892. The molecule has 33 heavy (non-hydrogen) atoms. The highest BCUT2D eigenvalue weighted by Gasteiger charge is 2.29. The summed E-state index contributed by atoms with van der Waals surface area (Å²) < 4.78 is 43.5. The van der Waals surface area contributed by atoms with Crippen molar-refractivity contribution in [3.05, 3.63) is 54.1 Å². The van der Waals surface area contributed by atoms with Gasteiger partial charge < -0.3 is 26.4 Å². The molecule has 0 fully saturated rings. The van der Waals surface area contributed by atoms with Gasteiger partial charge in [0.1, 0.15) is 5.75 Å². The summed E-state index contributed by atoms with van der Waals surface area (Å²) in [5, 5.41) is 9.48. The van der Waals surface area contributed by atoms with E-state index in [0.29, 0.717) is 24.0 Å². The first-order valence-corrected chi connectivity index (χ1v) is 11.6. The molecule has 0 radical (unpaired) electrons. The van der Waals surface area contributed by atoms with Crippen LogP contribution in [0.4, 0.5) is 24.5 Å². The lowest BCUT2D eigenvalue weighted by Crippen LogP contribution is -2.29. The number of hydrogen-bond donors (Lipinski definition) is 4. The molecule has 0 aliphatic heterocycles. The Labute approximate surface area is 203 Å². The van der Waals surface area contributed by atoms with Crippen LogP contribution in [0.5, 0.6) is 5.75 Å². The van der Waals surface area contributed by atoms with Crippen LogP contribution >= 0.6 is 24.4 Å². The van der Waals surface area contributed by atoms with Gasteiger partial charge in [-0.3, -0.25) is 0 Å². The van der Waals surface area contributed by atoms with Gasteiger partial charge in [-0.1, -0.05) is 31.7 Å². The normalized spacial score (nSPS) is 11.0. The van der Waals surface area contributed by atoms with Crippen LogP contribution in [0, 0.1) is 0 Å². The maximum Gasteiger partial charge on any atom is 0.416 e. The van der Waals surface area contributed by atoms with E-state index < -0.39 is 11.7 Å². The number of anilines is 2. The molecule has 0 unspecified atom stereocenters. The zero-order chi connectivity index (χ0) is 24.1. The molecule has 0 aliphatic rings. The second kappa shape index (κ2) is 13.8. The molecule has 5 nitrogen and oxygen atoms in total. The van der Waals surface area contributed by atoms with E-state index in [0.717, 1.165) is 62.1 Å². The van der Waals surface area contributed by atoms with Gasteiger partial charge in [0, 0.05) is 24.0 Å². The molecule has 2 rings (SSSR count). The van der Waals surface area contributed by atoms with E-state index in [1.807, 2.05) is 24.3 Å². The number of halogens is 3. The molecule has 2 aromatic carbocycles. The Hall–Kier alpha value is -2.59. The Morgan fingerprint density at radius 2 is 1.52 bits per heavy atom. The zero-order valence-electron chi connectivity index (χ0n) is 18.2. The molecule has 0 aliphatic carbocycles. The molecule has 0 bridgehead atoms. The van der Waals surface area contributed by atoms with Crippen LogP contribution in [-0.2, 0) is 6.18 Å². The largest absolute Gasteiger partial charge is 0.494 e. The van der Waals surface area contributed by atoms with Gasteiger partial charge in [-0.2, -0.15) is 13.2 Å². The van der Waals surface area contributed by atoms with E-state index in [9.17, 15) is 13.2 Å². The summed E-state index contributed by atoms with van der Waals surface area (Å²) in [4.78, 5) is 0. The highest BCUT2D eigenvalue weighted by molar-refractivity contribution is 7.80. The van der Waals surface area contributed by atoms with Crippen molar-refractivity contribution in [3.63, 3.8) is 0 Å². The number of nitrogens with two attached hydrogens (primary N) is 1. The minimum atomic E-state index is -4.34. The molecule has 2 aromatic rings. The standard InChI is InChI=1S/C23H29F3N4OS2/c24-23(25,26)17-10-12-18(13-11-17)30-22(33)28-14-5-3-1-2-4-6-15-31-20-9-7-8-19(16-20)29-21(27)32/h7-13,16H,1-6,14-15H2,(H3,27,29,32)(H2,28,30,33). The zero-order valence-corrected chi connectivity index (χ0v) is 19.8. The second-order valence-electron chi connectivity index (χ2n) is 7.44. The minimum Gasteiger partial charge on any atom is -0.494 e. The van der Waals surface area contributed by atoms with Gasteiger partial charge >= 0.3 is 6.18 Å². The van der Waals surface area contributed by atoms with Gasteiger partial charge in [-0.25, -0.2) is 0 Å². The number of rotatable bonds is 12. The van der Waals surface area contributed by atoms with Gasteiger partial charge in [0.15, 0.2) is 10.2 Å². The fraction of sp³-hybridized carbons (Fsp3) is 0.391. The predicted octanol–water partition coefficient (Wildman–Crippen LogP) is 6.07. The van der Waals surface area contributed by atoms with Gasteiger partial charge in [0.2, 0.25) is 0 Å². The molecule has 5 N–H and O–H groups in total. The first kappa shape index (κ1) is 26.7. The lowest BCUT2D eigenvalue weighted by molar-refractivity contribution is -0.137. The molecule has 0 heterocycles. The predicted molar refractivity (Wildman–Crippen MR) is 136 cm³/mol. The smallest absolute Gasteiger partial charge is 0.416 e. The number of hydrogen-bond acceptors (Lipinski definition) is 3. The monoisotopic (exact) mass is 498 g/mol. The molecule has 180 valence electrons. The van der Waals surface area contributed by atoms with E-state index in [-0.39, 0.29) is 5.11 Å². The van der Waals surface area contributed by atoms with Crippen LogP contribution in [0.25, 0.3) is 0 Å². The maximum atomic E-state index is 12.6. The number of ether oxygens (including phenoxy) is 1. The highest BCUT2D eigenvalue weighted by atomic mass is 32.1. The summed E-state index contributed by atoms with van der Waals surface area (Å²) >= 11 is 10.0. The van der Waals surface area contributed by atoms with Crippen molar-refractivity contribution in [1.82, 2.24) is 5.32 Å². The topological polar surface area (TPSA) is 71.3 Å². The molecule has 10 heteroatoms. The second-order valence-corrected chi connectivity index (χ2v) is 8.29. The fourth-order valence-electron chi connectivity index (χ4n) is 3.05. The minimum absolute atomic E-state index is 0.222. The summed E-state index contributed by atoms with van der Waals surface area (Å²) in [5.41, 5.74) is 6.12. The third-order valence-electron chi connectivity index (χ3n) is 4.70. The third kappa shape index (κ3) is 11.2. The number of alkyl halides is 3. The SMILES string of the molecule is NC(=S)Nc1cccc(OCCCCCCCCNC(=S)Nc2ccc(C(F)(F)F)cc2)c1. The number of benzene rings is 2. The van der Waals surface area contributed by atoms with E-state index in [1.165, 1.54) is 12.1 Å². The van der Waals surface area contributed by atoms with Crippen LogP contribution in [-0.4, -0.2) is 23.4 Å². The summed E-state index contributed by atoms with van der Waals surface area (Å²) in [5.74, 6) is 0.781. The number of nitrogens with one attached hydrogen (secondary N) is 3. The molecular formula is C23H29F3N4OS2. The number of unbranched alkanes of at least 4 members (excludes halogenated alkanes) is 5. The van der Waals surface area contributed by atoms with Crippen molar-refractivity contribution in [2.45, 2.75) is 44.7 Å². The molecular weight excluding hydrogens is 469 g/mol. The lowest BCUT2D eigenvalue weighted by Gasteiger charge is -2.12. The van der Waals surface area contributed by atoms with Crippen LogP contribution in [0.2, 0.25) is 0 Å². The first-order chi connectivity index (χ1) is 15.7. The molecule has 0 spiro atoms. The van der Waals surface area contributed by atoms with Crippen LogP contribution < -0.4 is 26.4 Å². The van der Waals surface area contributed by atoms with Crippen molar-refractivity contribution < 1.29 is 17.9 Å². The lowest BCUT2D eigenvalue weighted by atomic mass is 10.1. The van der Waals surface area contributed by atoms with Crippen LogP contribution in [0.3, 0.4) is 0 Å². The van der Waals surface area contributed by atoms with E-state index in [1.54, 1.807) is 0 Å². The van der Waals surface area contributed by atoms with E-state index >= 15 is 0 Å². The van der Waals surface area contributed by atoms with Gasteiger partial charge in [-0.15, -0.1) is 0 Å². The Morgan fingerprint density at radius 3 is 2.18 bits per heavy atom. The van der Waals surface area contributed by atoms with E-state index in [2.05, 4.69) is 16.0 Å². The van der Waals surface area contributed by atoms with Crippen molar-refractivity contribution in [2.75, 3.05) is 23.8 Å². The Morgan fingerprint density at radius 1 is 0.848 bits per heavy atom. The molecule has 0 amide bonds. The van der Waals surface area contributed by atoms with Gasteiger partial charge in [-0.05, 0) is 73.7 Å². The summed E-state index contributed by atoms with van der Waals surface area (Å²) in [7, 11) is 0. The maximum absolute atomic E-state index is 12.6. The molecule has 0 aromatic heterocycles. The summed E-state index contributed by atoms with van der Waals surface area (Å²) in [6.07, 6.45) is 2.01. The van der Waals surface area contributed by atoms with E-state index in [4.69, 9.17) is 34.9 Å². The average molecular weight is 499 g/mol. The Kier molecular flexibility index (Phi) is 11.2. The highest BCUT2D eigenvalue weighted by Crippen LogP contribution is 2.29. The molecule has 0 saturated heterocycles. The average Bonchev–Trinajstić information content (AvgIpc) is 2.74. The van der Waals surface area contributed by atoms with Crippen LogP contribution in [0.15, 0.2) is 48.5 Å². The van der Waals surface area contributed by atoms with Crippen LogP contribution in [0.1, 0.15) is 44.1 Å². The molecule has 0 saturated carbocycles. The molecule has 0 atom stereocenters. The van der Waals surface area contributed by atoms with Gasteiger partial charge in [0.25, 0.3) is 0 Å².